The van der Waals surface area contributed by atoms with Crippen LogP contribution in [0.1, 0.15) is 33.1 Å². The van der Waals surface area contributed by atoms with Crippen LogP contribution in [-0.2, 0) is 9.53 Å². The van der Waals surface area contributed by atoms with E-state index in [-0.39, 0.29) is 23.7 Å². The molecule has 3 atom stereocenters. The molecule has 0 bridgehead atoms. The molecule has 7 heteroatoms. The van der Waals surface area contributed by atoms with Crippen molar-refractivity contribution in [2.24, 2.45) is 5.92 Å². The average Bonchev–Trinajstić information content (AvgIpc) is 2.72. The normalized spacial score (nSPS) is 27.7. The maximum absolute atomic E-state index is 12.1. The number of likely N-dealkylation sites (tertiary alicyclic amines) is 1. The predicted octanol–water partition coefficient (Wildman–Crippen LogP) is 1.58. The van der Waals surface area contributed by atoms with Gasteiger partial charge in [0.15, 0.2) is 17.6 Å². The first-order valence-corrected chi connectivity index (χ1v) is 10.7. The molecule has 0 aromatic heterocycles. The highest BCUT2D eigenvalue weighted by Gasteiger charge is 2.43. The van der Waals surface area contributed by atoms with Crippen LogP contribution in [-0.4, -0.2) is 72.6 Å². The Morgan fingerprint density at radius 3 is 2.69 bits per heavy atom. The number of nitrogens with one attached hydrogen (secondary N) is 1. The van der Waals surface area contributed by atoms with Crippen LogP contribution >= 0.6 is 0 Å². The van der Waals surface area contributed by atoms with E-state index in [1.54, 1.807) is 0 Å². The van der Waals surface area contributed by atoms with Gasteiger partial charge in [0.2, 0.25) is 5.91 Å². The van der Waals surface area contributed by atoms with Gasteiger partial charge in [-0.05, 0) is 37.3 Å². The van der Waals surface area contributed by atoms with Gasteiger partial charge >= 0.3 is 0 Å². The first kappa shape index (κ1) is 20.4. The van der Waals surface area contributed by atoms with Gasteiger partial charge in [-0.3, -0.25) is 4.79 Å². The van der Waals surface area contributed by atoms with Gasteiger partial charge in [-0.25, -0.2) is 0 Å². The van der Waals surface area contributed by atoms with Gasteiger partial charge in [0.1, 0.15) is 18.8 Å². The van der Waals surface area contributed by atoms with Crippen LogP contribution in [0, 0.1) is 5.92 Å². The molecule has 0 radical (unpaired) electrons. The van der Waals surface area contributed by atoms with Crippen molar-refractivity contribution in [1.29, 1.82) is 0 Å². The number of fused-ring (bicyclic) bond motifs is 1. The molecule has 7 nitrogen and oxygen atoms in total. The number of carbonyl (C=O) groups excluding carboxylic acids is 1. The van der Waals surface area contributed by atoms with Gasteiger partial charge in [-0.1, -0.05) is 26.0 Å². The van der Waals surface area contributed by atoms with Crippen molar-refractivity contribution in [3.8, 4) is 11.5 Å². The minimum Gasteiger partial charge on any atom is -0.486 e. The Labute approximate surface area is 172 Å². The summed E-state index contributed by atoms with van der Waals surface area (Å²) in [6.45, 7) is 7.33. The number of ether oxygens (including phenoxy) is 3. The number of rotatable bonds is 5. The Morgan fingerprint density at radius 1 is 1.24 bits per heavy atom. The fourth-order valence-electron chi connectivity index (χ4n) is 4.39. The molecule has 3 unspecified atom stereocenters. The summed E-state index contributed by atoms with van der Waals surface area (Å²) in [5.74, 6) is 1.84. The molecule has 1 aromatic rings. The predicted molar refractivity (Wildman–Crippen MR) is 108 cm³/mol. The van der Waals surface area contributed by atoms with E-state index in [0.717, 1.165) is 38.1 Å². The second-order valence-electron chi connectivity index (χ2n) is 8.92. The number of piperidine rings is 1. The van der Waals surface area contributed by atoms with Gasteiger partial charge < -0.3 is 29.5 Å². The van der Waals surface area contributed by atoms with E-state index in [4.69, 9.17) is 14.2 Å². The first-order chi connectivity index (χ1) is 13.9. The van der Waals surface area contributed by atoms with E-state index in [0.29, 0.717) is 31.4 Å². The summed E-state index contributed by atoms with van der Waals surface area (Å²) in [5, 5.41) is 13.7. The maximum atomic E-state index is 12.1. The molecule has 0 saturated carbocycles. The van der Waals surface area contributed by atoms with Crippen LogP contribution in [0.4, 0.5) is 0 Å². The number of amides is 1. The molecule has 0 aliphatic carbocycles. The van der Waals surface area contributed by atoms with Gasteiger partial charge in [-0.15, -0.1) is 0 Å². The lowest BCUT2D eigenvalue weighted by molar-refractivity contribution is -0.173. The SMILES string of the molecule is CC(C)CC1OC2(CCN(CC(O)C3COc4ccccc4O3)CC2)CNC1=O. The van der Waals surface area contributed by atoms with E-state index >= 15 is 0 Å². The van der Waals surface area contributed by atoms with E-state index in [9.17, 15) is 9.90 Å². The van der Waals surface area contributed by atoms with Crippen molar-refractivity contribution < 1.29 is 24.1 Å². The van der Waals surface area contributed by atoms with E-state index < -0.39 is 6.10 Å². The number of para-hydroxylation sites is 2. The first-order valence-electron chi connectivity index (χ1n) is 10.7. The molecule has 2 fully saturated rings. The molecular formula is C22H32N2O5. The number of aliphatic hydroxyl groups is 1. The van der Waals surface area contributed by atoms with Crippen molar-refractivity contribution in [2.75, 3.05) is 32.8 Å². The molecular weight excluding hydrogens is 372 g/mol. The highest BCUT2D eigenvalue weighted by Crippen LogP contribution is 2.33. The molecule has 2 N–H and O–H groups in total. The Hall–Kier alpha value is -1.83. The molecule has 3 aliphatic heterocycles. The van der Waals surface area contributed by atoms with Crippen LogP contribution in [0.5, 0.6) is 11.5 Å². The van der Waals surface area contributed by atoms with Gasteiger partial charge in [0.05, 0.1) is 5.60 Å². The fraction of sp³-hybridized carbons (Fsp3) is 0.682. The standard InChI is InChI=1S/C22H32N2O5/c1-15(2)11-19-21(26)23-14-22(29-19)7-9-24(10-8-22)12-16(25)20-13-27-17-5-3-4-6-18(17)28-20/h3-6,15-16,19-20,25H,7-14H2,1-2H3,(H,23,26). The van der Waals surface area contributed by atoms with Gasteiger partial charge in [-0.2, -0.15) is 0 Å². The number of benzene rings is 1. The number of morpholine rings is 1. The van der Waals surface area contributed by atoms with Crippen LogP contribution < -0.4 is 14.8 Å². The summed E-state index contributed by atoms with van der Waals surface area (Å²) in [6, 6.07) is 7.54. The number of β-amino-alcohol motifs (C(OH)–C–C–N with tert-alkyl or cyclic N) is 1. The van der Waals surface area contributed by atoms with Crippen molar-refractivity contribution >= 4 is 5.91 Å². The van der Waals surface area contributed by atoms with Crippen molar-refractivity contribution in [2.45, 2.75) is 57.0 Å². The van der Waals surface area contributed by atoms with Gasteiger partial charge in [0.25, 0.3) is 0 Å². The second kappa shape index (κ2) is 8.50. The van der Waals surface area contributed by atoms with Crippen LogP contribution in [0.2, 0.25) is 0 Å². The fourth-order valence-corrected chi connectivity index (χ4v) is 4.39. The molecule has 4 rings (SSSR count). The Kier molecular flexibility index (Phi) is 5.99. The molecule has 160 valence electrons. The van der Waals surface area contributed by atoms with Crippen LogP contribution in [0.25, 0.3) is 0 Å². The Bertz CT molecular complexity index is 717. The topological polar surface area (TPSA) is 80.3 Å². The summed E-state index contributed by atoms with van der Waals surface area (Å²) >= 11 is 0. The lowest BCUT2D eigenvalue weighted by Gasteiger charge is -2.46. The zero-order chi connectivity index (χ0) is 20.4. The van der Waals surface area contributed by atoms with E-state index in [1.165, 1.54) is 0 Å². The molecule has 1 amide bonds. The molecule has 3 aliphatic rings. The monoisotopic (exact) mass is 404 g/mol. The third-order valence-electron chi connectivity index (χ3n) is 6.13. The lowest BCUT2D eigenvalue weighted by atomic mass is 9.88. The average molecular weight is 405 g/mol. The summed E-state index contributed by atoms with van der Waals surface area (Å²) in [6.07, 6.45) is 1.09. The second-order valence-corrected chi connectivity index (χ2v) is 8.92. The number of aliphatic hydroxyl groups excluding tert-OH is 1. The van der Waals surface area contributed by atoms with Crippen molar-refractivity contribution in [3.05, 3.63) is 24.3 Å². The lowest BCUT2D eigenvalue weighted by Crippen LogP contribution is -2.61. The van der Waals surface area contributed by atoms with Crippen molar-refractivity contribution in [1.82, 2.24) is 10.2 Å². The van der Waals surface area contributed by atoms with Crippen LogP contribution in [0.15, 0.2) is 24.3 Å². The summed E-state index contributed by atoms with van der Waals surface area (Å²) in [4.78, 5) is 14.4. The molecule has 29 heavy (non-hydrogen) atoms. The Morgan fingerprint density at radius 2 is 1.97 bits per heavy atom. The molecule has 1 aromatic carbocycles. The minimum atomic E-state index is -0.627. The molecule has 2 saturated heterocycles. The largest absolute Gasteiger partial charge is 0.486 e. The third kappa shape index (κ3) is 4.68. The van der Waals surface area contributed by atoms with Gasteiger partial charge in [0, 0.05) is 26.2 Å². The minimum absolute atomic E-state index is 0.0110. The highest BCUT2D eigenvalue weighted by atomic mass is 16.6. The number of carbonyl (C=O) groups is 1. The van der Waals surface area contributed by atoms with E-state index in [2.05, 4.69) is 24.1 Å². The zero-order valence-corrected chi connectivity index (χ0v) is 17.3. The third-order valence-corrected chi connectivity index (χ3v) is 6.13. The zero-order valence-electron chi connectivity index (χ0n) is 17.3. The summed E-state index contributed by atoms with van der Waals surface area (Å²) < 4.78 is 18.0. The van der Waals surface area contributed by atoms with Crippen LogP contribution in [0.3, 0.4) is 0 Å². The number of nitrogens with zero attached hydrogens (tertiary/aromatic N) is 1. The Balaban J connectivity index is 1.28. The highest BCUT2D eigenvalue weighted by molar-refractivity contribution is 5.81. The quantitative estimate of drug-likeness (QED) is 0.776. The number of hydrogen-bond donors (Lipinski definition) is 2. The van der Waals surface area contributed by atoms with E-state index in [1.807, 2.05) is 24.3 Å². The summed E-state index contributed by atoms with van der Waals surface area (Å²) in [5.41, 5.74) is -0.279. The summed E-state index contributed by atoms with van der Waals surface area (Å²) in [7, 11) is 0. The molecule has 3 heterocycles. The maximum Gasteiger partial charge on any atom is 0.249 e. The smallest absolute Gasteiger partial charge is 0.249 e. The molecule has 1 spiro atoms. The number of hydrogen-bond acceptors (Lipinski definition) is 6. The van der Waals surface area contributed by atoms with Crippen molar-refractivity contribution in [3.63, 3.8) is 0 Å².